The van der Waals surface area contributed by atoms with E-state index >= 15 is 0 Å². The van der Waals surface area contributed by atoms with Crippen LogP contribution < -0.4 is 9.47 Å². The summed E-state index contributed by atoms with van der Waals surface area (Å²) in [6, 6.07) is 37.7. The molecule has 0 spiro atoms. The van der Waals surface area contributed by atoms with Crippen LogP contribution in [0.2, 0.25) is 0 Å². The summed E-state index contributed by atoms with van der Waals surface area (Å²) in [6.07, 6.45) is 0. The first-order valence-electron chi connectivity index (χ1n) is 14.6. The van der Waals surface area contributed by atoms with Crippen molar-refractivity contribution in [2.24, 2.45) is 0 Å². The van der Waals surface area contributed by atoms with Crippen LogP contribution in [0.15, 0.2) is 109 Å². The Morgan fingerprint density at radius 3 is 1.16 bits per heavy atom. The van der Waals surface area contributed by atoms with Crippen LogP contribution in [0.4, 0.5) is 0 Å². The number of imidazole rings is 2. The Kier molecular flexibility index (Phi) is 5.23. The van der Waals surface area contributed by atoms with E-state index in [4.69, 9.17) is 19.4 Å². The van der Waals surface area contributed by atoms with Gasteiger partial charge >= 0.3 is 0 Å². The maximum absolute atomic E-state index is 5.91. The molecule has 9 rings (SSSR count). The summed E-state index contributed by atoms with van der Waals surface area (Å²) in [4.78, 5) is 17.7. The summed E-state index contributed by atoms with van der Waals surface area (Å²) in [5, 5.41) is 9.20. The number of nitrogens with one attached hydrogen (secondary N) is 2. The summed E-state index contributed by atoms with van der Waals surface area (Å²) in [5.74, 6) is 2.75. The van der Waals surface area contributed by atoms with Crippen molar-refractivity contribution in [3.05, 3.63) is 109 Å². The van der Waals surface area contributed by atoms with Crippen LogP contribution in [0.3, 0.4) is 0 Å². The van der Waals surface area contributed by atoms with Crippen LogP contribution >= 0.6 is 0 Å². The van der Waals surface area contributed by atoms with E-state index in [0.29, 0.717) is 23.1 Å². The zero-order valence-electron chi connectivity index (χ0n) is 24.1. The number of nitrogens with zero attached hydrogens (tertiary/aromatic N) is 2. The summed E-state index contributed by atoms with van der Waals surface area (Å²) in [5.41, 5.74) is 5.49. The van der Waals surface area contributed by atoms with Crippen molar-refractivity contribution in [2.75, 3.05) is 14.2 Å². The molecule has 2 N–H and O–H groups in total. The van der Waals surface area contributed by atoms with Crippen molar-refractivity contribution in [1.29, 1.82) is 0 Å². The average molecular weight is 571 g/mol. The molecule has 2 heterocycles. The molecule has 2 aromatic heterocycles. The van der Waals surface area contributed by atoms with Gasteiger partial charge in [0.15, 0.2) is 0 Å². The SMILES string of the molecule is COc1cc(OC)c(-c2nc3c4ccccc4c4ccccc4c3[nH]2)cc1-c1nc2c3ccccc3c3ccccc3c2[nH]1. The first-order valence-corrected chi connectivity index (χ1v) is 14.6. The van der Waals surface area contributed by atoms with Gasteiger partial charge in [-0.1, -0.05) is 97.1 Å². The Balaban J connectivity index is 1.32. The molecule has 0 unspecified atom stereocenters. The smallest absolute Gasteiger partial charge is 0.142 e. The lowest BCUT2D eigenvalue weighted by Crippen LogP contribution is -1.95. The van der Waals surface area contributed by atoms with Gasteiger partial charge in [0.05, 0.1) is 47.4 Å². The predicted molar refractivity (Wildman–Crippen MR) is 180 cm³/mol. The average Bonchev–Trinajstić information content (AvgIpc) is 3.74. The van der Waals surface area contributed by atoms with Crippen molar-refractivity contribution in [2.45, 2.75) is 0 Å². The number of benzene rings is 7. The highest BCUT2D eigenvalue weighted by Crippen LogP contribution is 2.43. The Labute approximate surface area is 251 Å². The highest BCUT2D eigenvalue weighted by Gasteiger charge is 2.22. The fraction of sp³-hybridized carbons (Fsp3) is 0.0526. The lowest BCUT2D eigenvalue weighted by atomic mass is 10.0. The van der Waals surface area contributed by atoms with Crippen molar-refractivity contribution in [3.63, 3.8) is 0 Å². The molecule has 44 heavy (non-hydrogen) atoms. The molecule has 0 saturated carbocycles. The van der Waals surface area contributed by atoms with Crippen LogP contribution in [0.5, 0.6) is 11.5 Å². The number of rotatable bonds is 4. The molecular weight excluding hydrogens is 544 g/mol. The van der Waals surface area contributed by atoms with Gasteiger partial charge in [-0.05, 0) is 27.6 Å². The van der Waals surface area contributed by atoms with Gasteiger partial charge in [0.1, 0.15) is 23.1 Å². The third kappa shape index (κ3) is 3.42. The molecule has 6 heteroatoms. The Bertz CT molecular complexity index is 2270. The van der Waals surface area contributed by atoms with E-state index in [-0.39, 0.29) is 0 Å². The number of hydrogen-bond acceptors (Lipinski definition) is 4. The molecule has 0 bridgehead atoms. The summed E-state index contributed by atoms with van der Waals surface area (Å²) in [7, 11) is 3.34. The molecule has 0 saturated heterocycles. The zero-order chi connectivity index (χ0) is 29.4. The second-order valence-electron chi connectivity index (χ2n) is 11.1. The van der Waals surface area contributed by atoms with Crippen molar-refractivity contribution >= 4 is 65.2 Å². The van der Waals surface area contributed by atoms with E-state index in [1.54, 1.807) is 14.2 Å². The standard InChI is InChI=1S/C38H26N4O2/c1-43-31-20-32(44-2)30(38-41-35-27-17-9-5-13-23(27)24-14-6-10-18-28(24)36(35)42-38)19-29(31)37-39-33-25-15-7-3-11-21(25)22-12-4-8-16-26(22)34(33)40-37/h3-20H,1-2H3,(H,39,40)(H,41,42). The van der Waals surface area contributed by atoms with Crippen molar-refractivity contribution < 1.29 is 9.47 Å². The second kappa shape index (κ2) is 9.31. The van der Waals surface area contributed by atoms with E-state index in [9.17, 15) is 0 Å². The van der Waals surface area contributed by atoms with Crippen LogP contribution in [-0.2, 0) is 0 Å². The second-order valence-corrected chi connectivity index (χ2v) is 11.1. The molecular formula is C38H26N4O2. The molecule has 0 amide bonds. The van der Waals surface area contributed by atoms with Crippen LogP contribution in [0.1, 0.15) is 0 Å². The fourth-order valence-corrected chi connectivity index (χ4v) is 6.77. The molecule has 0 aliphatic carbocycles. The lowest BCUT2D eigenvalue weighted by molar-refractivity contribution is 0.396. The number of fused-ring (bicyclic) bond motifs is 12. The molecule has 0 aliphatic rings. The normalized spacial score (nSPS) is 11.9. The first kappa shape index (κ1) is 24.7. The van der Waals surface area contributed by atoms with Gasteiger partial charge in [0.2, 0.25) is 0 Å². The lowest BCUT2D eigenvalue weighted by Gasteiger charge is -2.12. The van der Waals surface area contributed by atoms with Gasteiger partial charge in [-0.15, -0.1) is 0 Å². The van der Waals surface area contributed by atoms with Crippen molar-refractivity contribution in [1.82, 2.24) is 19.9 Å². The first-order chi connectivity index (χ1) is 21.7. The molecule has 9 aromatic rings. The minimum atomic E-state index is 0.658. The number of aromatic nitrogens is 4. The van der Waals surface area contributed by atoms with Crippen LogP contribution in [0.25, 0.3) is 87.9 Å². The van der Waals surface area contributed by atoms with E-state index in [1.165, 1.54) is 21.5 Å². The maximum atomic E-state index is 5.91. The van der Waals surface area contributed by atoms with Gasteiger partial charge in [0, 0.05) is 27.6 Å². The minimum absolute atomic E-state index is 0.658. The largest absolute Gasteiger partial charge is 0.496 e. The monoisotopic (exact) mass is 570 g/mol. The van der Waals surface area contributed by atoms with E-state index in [1.807, 2.05) is 6.07 Å². The Hall–Kier alpha value is -5.88. The number of methoxy groups -OCH3 is 2. The highest BCUT2D eigenvalue weighted by atomic mass is 16.5. The van der Waals surface area contributed by atoms with Crippen LogP contribution in [0, 0.1) is 0 Å². The van der Waals surface area contributed by atoms with Gasteiger partial charge < -0.3 is 19.4 Å². The molecule has 6 nitrogen and oxygen atoms in total. The summed E-state index contributed by atoms with van der Waals surface area (Å²) < 4.78 is 11.8. The van der Waals surface area contributed by atoms with Gasteiger partial charge in [-0.25, -0.2) is 9.97 Å². The number of hydrogen-bond donors (Lipinski definition) is 2. The third-order valence-electron chi connectivity index (χ3n) is 8.78. The minimum Gasteiger partial charge on any atom is -0.496 e. The molecule has 0 fully saturated rings. The van der Waals surface area contributed by atoms with E-state index < -0.39 is 0 Å². The fourth-order valence-electron chi connectivity index (χ4n) is 6.77. The Morgan fingerprint density at radius 2 is 0.773 bits per heavy atom. The topological polar surface area (TPSA) is 75.8 Å². The highest BCUT2D eigenvalue weighted by molar-refractivity contribution is 6.24. The third-order valence-corrected chi connectivity index (χ3v) is 8.78. The van der Waals surface area contributed by atoms with Gasteiger partial charge in [0.25, 0.3) is 0 Å². The summed E-state index contributed by atoms with van der Waals surface area (Å²) in [6.45, 7) is 0. The molecule has 210 valence electrons. The number of H-pyrrole nitrogens is 2. The van der Waals surface area contributed by atoms with Crippen molar-refractivity contribution in [3.8, 4) is 34.3 Å². The quantitative estimate of drug-likeness (QED) is 0.207. The molecule has 0 aliphatic heterocycles. The van der Waals surface area contributed by atoms with E-state index in [0.717, 1.165) is 54.7 Å². The van der Waals surface area contributed by atoms with Gasteiger partial charge in [-0.2, -0.15) is 0 Å². The maximum Gasteiger partial charge on any atom is 0.142 e. The predicted octanol–water partition coefficient (Wildman–Crippen LogP) is 9.40. The molecule has 0 atom stereocenters. The van der Waals surface area contributed by atoms with Crippen LogP contribution in [-0.4, -0.2) is 34.2 Å². The molecule has 0 radical (unpaired) electrons. The molecule has 7 aromatic carbocycles. The van der Waals surface area contributed by atoms with Gasteiger partial charge in [-0.3, -0.25) is 0 Å². The van der Waals surface area contributed by atoms with E-state index in [2.05, 4.69) is 113 Å². The number of aromatic amines is 2. The number of ether oxygens (including phenoxy) is 2. The Morgan fingerprint density at radius 1 is 0.432 bits per heavy atom. The summed E-state index contributed by atoms with van der Waals surface area (Å²) >= 11 is 0. The zero-order valence-corrected chi connectivity index (χ0v) is 24.1.